The van der Waals surface area contributed by atoms with Crippen LogP contribution in [0.3, 0.4) is 0 Å². The van der Waals surface area contributed by atoms with Crippen LogP contribution in [0.2, 0.25) is 0 Å². The zero-order valence-electron chi connectivity index (χ0n) is 23.9. The van der Waals surface area contributed by atoms with E-state index in [1.165, 1.54) is 33.2 Å². The Morgan fingerprint density at radius 2 is 0.864 bits per heavy atom. The molecular weight excluding hydrogens is 534 g/mol. The smallest absolute Gasteiger partial charge is 0.0985 e. The predicted molar refractivity (Wildman–Crippen MR) is 184 cm³/mol. The molecule has 6 aromatic carbocycles. The van der Waals surface area contributed by atoms with E-state index in [0.29, 0.717) is 0 Å². The van der Waals surface area contributed by atoms with Gasteiger partial charge in [0.1, 0.15) is 0 Å². The third-order valence-electron chi connectivity index (χ3n) is 8.71. The molecule has 0 saturated carbocycles. The van der Waals surface area contributed by atoms with Gasteiger partial charge in [0.25, 0.3) is 0 Å². The standard InChI is InChI=1S/C41H27N3/c1-4-14-28(15-5-1)30-24-31(29-16-6-2-7-17-29)26-33(25-30)44-38-23-13-11-21-35(38)39-41(44)40-36(27-42-39)34-20-10-12-22-37(34)43(40)32-18-8-3-9-19-32/h1-27H. The average molecular weight is 562 g/mol. The van der Waals surface area contributed by atoms with Crippen LogP contribution in [0.1, 0.15) is 0 Å². The third kappa shape index (κ3) is 3.73. The summed E-state index contributed by atoms with van der Waals surface area (Å²) in [6.45, 7) is 0. The van der Waals surface area contributed by atoms with Crippen LogP contribution in [0.15, 0.2) is 164 Å². The van der Waals surface area contributed by atoms with Crippen molar-refractivity contribution in [1.82, 2.24) is 14.1 Å². The Bertz CT molecular complexity index is 2410. The summed E-state index contributed by atoms with van der Waals surface area (Å²) in [5.41, 5.74) is 12.5. The van der Waals surface area contributed by atoms with Gasteiger partial charge < -0.3 is 9.13 Å². The normalized spacial score (nSPS) is 11.6. The Labute approximate surface area is 254 Å². The molecule has 3 heterocycles. The molecule has 0 aliphatic heterocycles. The molecule has 9 aromatic rings. The summed E-state index contributed by atoms with van der Waals surface area (Å²) in [4.78, 5) is 5.17. The second-order valence-electron chi connectivity index (χ2n) is 11.3. The van der Waals surface area contributed by atoms with Gasteiger partial charge in [0, 0.05) is 33.7 Å². The van der Waals surface area contributed by atoms with Crippen molar-refractivity contribution in [3.05, 3.63) is 164 Å². The first kappa shape index (κ1) is 24.6. The largest absolute Gasteiger partial charge is 0.307 e. The Morgan fingerprint density at radius 1 is 0.364 bits per heavy atom. The van der Waals surface area contributed by atoms with Crippen LogP contribution in [-0.2, 0) is 0 Å². The number of fused-ring (bicyclic) bond motifs is 7. The average Bonchev–Trinajstić information content (AvgIpc) is 3.62. The van der Waals surface area contributed by atoms with E-state index in [4.69, 9.17) is 4.98 Å². The van der Waals surface area contributed by atoms with Gasteiger partial charge in [-0.25, -0.2) is 0 Å². The van der Waals surface area contributed by atoms with E-state index in [1.54, 1.807) is 0 Å². The van der Waals surface area contributed by atoms with Crippen LogP contribution >= 0.6 is 0 Å². The molecule has 3 aromatic heterocycles. The van der Waals surface area contributed by atoms with E-state index in [-0.39, 0.29) is 0 Å². The lowest BCUT2D eigenvalue weighted by molar-refractivity contribution is 1.15. The summed E-state index contributed by atoms with van der Waals surface area (Å²) in [5, 5.41) is 3.48. The summed E-state index contributed by atoms with van der Waals surface area (Å²) >= 11 is 0. The minimum absolute atomic E-state index is 1.000. The highest BCUT2D eigenvalue weighted by molar-refractivity contribution is 6.22. The van der Waals surface area contributed by atoms with Crippen LogP contribution in [-0.4, -0.2) is 14.1 Å². The maximum atomic E-state index is 5.17. The molecule has 3 nitrogen and oxygen atoms in total. The summed E-state index contributed by atoms with van der Waals surface area (Å²) in [5.74, 6) is 0. The van der Waals surface area contributed by atoms with Crippen molar-refractivity contribution in [3.63, 3.8) is 0 Å². The number of hydrogen-bond donors (Lipinski definition) is 0. The summed E-state index contributed by atoms with van der Waals surface area (Å²) in [6.07, 6.45) is 2.06. The SMILES string of the molecule is c1ccc(-c2cc(-c3ccccc3)cc(-n3c4ccccc4c4ncc5c6ccccc6n(-c6ccccc6)c5c43)c2)cc1. The van der Waals surface area contributed by atoms with Crippen molar-refractivity contribution in [2.45, 2.75) is 0 Å². The number of pyridine rings is 1. The first-order chi connectivity index (χ1) is 21.8. The molecule has 0 bridgehead atoms. The van der Waals surface area contributed by atoms with Gasteiger partial charge >= 0.3 is 0 Å². The zero-order chi connectivity index (χ0) is 29.0. The van der Waals surface area contributed by atoms with Crippen molar-refractivity contribution in [2.75, 3.05) is 0 Å². The van der Waals surface area contributed by atoms with Crippen LogP contribution in [0.5, 0.6) is 0 Å². The zero-order valence-corrected chi connectivity index (χ0v) is 23.9. The number of hydrogen-bond acceptors (Lipinski definition) is 1. The lowest BCUT2D eigenvalue weighted by Crippen LogP contribution is -2.00. The molecule has 9 rings (SSSR count). The minimum atomic E-state index is 1.000. The molecule has 206 valence electrons. The number of aromatic nitrogens is 3. The molecular formula is C41H27N3. The molecule has 0 amide bonds. The molecule has 44 heavy (non-hydrogen) atoms. The van der Waals surface area contributed by atoms with E-state index < -0.39 is 0 Å². The fourth-order valence-corrected chi connectivity index (χ4v) is 6.78. The van der Waals surface area contributed by atoms with Gasteiger partial charge in [-0.3, -0.25) is 4.98 Å². The second-order valence-corrected chi connectivity index (χ2v) is 11.3. The molecule has 0 aliphatic rings. The maximum absolute atomic E-state index is 5.17. The third-order valence-corrected chi connectivity index (χ3v) is 8.71. The quantitative estimate of drug-likeness (QED) is 0.210. The van der Waals surface area contributed by atoms with Crippen molar-refractivity contribution in [2.24, 2.45) is 0 Å². The van der Waals surface area contributed by atoms with E-state index in [9.17, 15) is 0 Å². The Hall–Kier alpha value is -5.93. The fraction of sp³-hybridized carbons (Fsp3) is 0. The van der Waals surface area contributed by atoms with Gasteiger partial charge in [-0.15, -0.1) is 0 Å². The Kier molecular flexibility index (Phi) is 5.50. The van der Waals surface area contributed by atoms with Gasteiger partial charge in [0.05, 0.1) is 27.6 Å². The topological polar surface area (TPSA) is 22.8 Å². The van der Waals surface area contributed by atoms with Crippen molar-refractivity contribution >= 4 is 43.7 Å². The summed E-state index contributed by atoms with van der Waals surface area (Å²) in [7, 11) is 0. The van der Waals surface area contributed by atoms with Gasteiger partial charge in [-0.2, -0.15) is 0 Å². The lowest BCUT2D eigenvalue weighted by Gasteiger charge is -2.15. The van der Waals surface area contributed by atoms with Gasteiger partial charge in [0.2, 0.25) is 0 Å². The van der Waals surface area contributed by atoms with Crippen molar-refractivity contribution in [1.29, 1.82) is 0 Å². The lowest BCUT2D eigenvalue weighted by atomic mass is 9.98. The van der Waals surface area contributed by atoms with Crippen LogP contribution < -0.4 is 0 Å². The fourth-order valence-electron chi connectivity index (χ4n) is 6.78. The van der Waals surface area contributed by atoms with Crippen LogP contribution in [0.4, 0.5) is 0 Å². The van der Waals surface area contributed by atoms with Crippen LogP contribution in [0, 0.1) is 0 Å². The maximum Gasteiger partial charge on any atom is 0.0985 e. The molecule has 0 saturated heterocycles. The number of nitrogens with zero attached hydrogens (tertiary/aromatic N) is 3. The Morgan fingerprint density at radius 3 is 1.50 bits per heavy atom. The predicted octanol–water partition coefficient (Wildman–Crippen LogP) is 10.6. The highest BCUT2D eigenvalue weighted by atomic mass is 15.1. The summed E-state index contributed by atoms with van der Waals surface area (Å²) < 4.78 is 4.83. The second kappa shape index (κ2) is 9.82. The van der Waals surface area contributed by atoms with Crippen LogP contribution in [0.25, 0.3) is 77.4 Å². The van der Waals surface area contributed by atoms with E-state index >= 15 is 0 Å². The first-order valence-electron chi connectivity index (χ1n) is 15.0. The van der Waals surface area contributed by atoms with E-state index in [1.807, 2.05) is 0 Å². The molecule has 0 fully saturated rings. The number of benzene rings is 6. The monoisotopic (exact) mass is 561 g/mol. The van der Waals surface area contributed by atoms with Gasteiger partial charge in [0.15, 0.2) is 0 Å². The van der Waals surface area contributed by atoms with Crippen molar-refractivity contribution < 1.29 is 0 Å². The Balaban J connectivity index is 1.48. The molecule has 0 atom stereocenters. The minimum Gasteiger partial charge on any atom is -0.307 e. The van der Waals surface area contributed by atoms with E-state index in [2.05, 4.69) is 173 Å². The first-order valence-corrected chi connectivity index (χ1v) is 15.0. The van der Waals surface area contributed by atoms with Gasteiger partial charge in [-0.1, -0.05) is 115 Å². The summed E-state index contributed by atoms with van der Waals surface area (Å²) in [6, 6.07) is 56.3. The van der Waals surface area contributed by atoms with E-state index in [0.717, 1.165) is 44.2 Å². The van der Waals surface area contributed by atoms with Gasteiger partial charge in [-0.05, 0) is 64.7 Å². The molecule has 0 unspecified atom stereocenters. The highest BCUT2D eigenvalue weighted by Gasteiger charge is 2.22. The molecule has 0 aliphatic carbocycles. The molecule has 0 N–H and O–H groups in total. The number of para-hydroxylation sites is 3. The molecule has 0 spiro atoms. The van der Waals surface area contributed by atoms with Crippen molar-refractivity contribution in [3.8, 4) is 33.6 Å². The highest BCUT2D eigenvalue weighted by Crippen LogP contribution is 2.41. The number of rotatable bonds is 4. The molecule has 0 radical (unpaired) electrons. The molecule has 3 heteroatoms.